The Morgan fingerprint density at radius 2 is 2.00 bits per heavy atom. The summed E-state index contributed by atoms with van der Waals surface area (Å²) in [6, 6.07) is 7.58. The van der Waals surface area contributed by atoms with Gasteiger partial charge in [-0.05, 0) is 44.7 Å². The molecule has 0 aromatic heterocycles. The van der Waals surface area contributed by atoms with Crippen LogP contribution < -0.4 is 5.73 Å². The van der Waals surface area contributed by atoms with Crippen molar-refractivity contribution in [1.82, 2.24) is 4.90 Å². The maximum absolute atomic E-state index is 14.0. The summed E-state index contributed by atoms with van der Waals surface area (Å²) >= 11 is 0. The van der Waals surface area contributed by atoms with Crippen molar-refractivity contribution in [2.24, 2.45) is 11.1 Å². The topological polar surface area (TPSA) is 29.3 Å². The Hall–Kier alpha value is -0.930. The van der Waals surface area contributed by atoms with Gasteiger partial charge in [-0.1, -0.05) is 32.0 Å². The molecule has 0 saturated heterocycles. The first kappa shape index (κ1) is 15.5. The first-order valence-corrected chi connectivity index (χ1v) is 7.54. The van der Waals surface area contributed by atoms with Crippen LogP contribution in [0.4, 0.5) is 4.39 Å². The minimum atomic E-state index is -0.129. The van der Waals surface area contributed by atoms with E-state index in [1.165, 1.54) is 12.5 Å². The highest BCUT2D eigenvalue weighted by Gasteiger charge is 2.36. The Morgan fingerprint density at radius 1 is 1.35 bits per heavy atom. The van der Waals surface area contributed by atoms with Crippen molar-refractivity contribution in [2.45, 2.75) is 58.2 Å². The lowest BCUT2D eigenvalue weighted by Gasteiger charge is -2.45. The smallest absolute Gasteiger partial charge is 0.127 e. The van der Waals surface area contributed by atoms with E-state index in [4.69, 9.17) is 5.73 Å². The van der Waals surface area contributed by atoms with E-state index < -0.39 is 0 Å². The fourth-order valence-corrected chi connectivity index (χ4v) is 3.34. The SMILES string of the molecule is CC(c1ccccc1F)N(C)C1CC(C)(C)CCC1N. The molecule has 1 aromatic carbocycles. The summed E-state index contributed by atoms with van der Waals surface area (Å²) in [5.74, 6) is -0.129. The molecule has 2 rings (SSSR count). The number of benzene rings is 1. The Balaban J connectivity index is 2.17. The number of likely N-dealkylation sites (N-methyl/N-ethyl adjacent to an activating group) is 1. The maximum atomic E-state index is 14.0. The van der Waals surface area contributed by atoms with Crippen molar-refractivity contribution in [3.63, 3.8) is 0 Å². The van der Waals surface area contributed by atoms with Gasteiger partial charge in [0.1, 0.15) is 5.82 Å². The highest BCUT2D eigenvalue weighted by molar-refractivity contribution is 5.21. The van der Waals surface area contributed by atoms with E-state index in [0.29, 0.717) is 11.5 Å². The minimum absolute atomic E-state index is 0.0427. The van der Waals surface area contributed by atoms with Gasteiger partial charge in [0.05, 0.1) is 0 Å². The van der Waals surface area contributed by atoms with Crippen LogP contribution in [0, 0.1) is 11.2 Å². The van der Waals surface area contributed by atoms with Crippen LogP contribution in [0.1, 0.15) is 51.6 Å². The number of nitrogens with two attached hydrogens (primary N) is 1. The highest BCUT2D eigenvalue weighted by Crippen LogP contribution is 2.38. The molecule has 2 nitrogen and oxygen atoms in total. The normalized spacial score (nSPS) is 27.6. The van der Waals surface area contributed by atoms with E-state index in [1.807, 2.05) is 12.1 Å². The van der Waals surface area contributed by atoms with Gasteiger partial charge in [-0.15, -0.1) is 0 Å². The van der Waals surface area contributed by atoms with E-state index in [0.717, 1.165) is 18.4 Å². The van der Waals surface area contributed by atoms with Crippen molar-refractivity contribution >= 4 is 0 Å². The number of rotatable bonds is 3. The second-order valence-electron chi connectivity index (χ2n) is 7.00. The summed E-state index contributed by atoms with van der Waals surface area (Å²) in [4.78, 5) is 2.25. The average Bonchev–Trinajstić information content (AvgIpc) is 2.40. The lowest BCUT2D eigenvalue weighted by Crippen LogP contribution is -2.52. The standard InChI is InChI=1S/C17H27FN2/c1-12(13-7-5-6-8-14(13)18)20(4)16-11-17(2,3)10-9-15(16)19/h5-8,12,15-16H,9-11,19H2,1-4H3. The molecule has 0 bridgehead atoms. The van der Waals surface area contributed by atoms with Gasteiger partial charge in [-0.3, -0.25) is 4.90 Å². The molecule has 0 heterocycles. The van der Waals surface area contributed by atoms with Gasteiger partial charge in [-0.25, -0.2) is 4.39 Å². The van der Waals surface area contributed by atoms with Crippen LogP contribution in [0.25, 0.3) is 0 Å². The van der Waals surface area contributed by atoms with Crippen molar-refractivity contribution in [3.8, 4) is 0 Å². The molecule has 2 N–H and O–H groups in total. The molecule has 1 saturated carbocycles. The Morgan fingerprint density at radius 3 is 2.65 bits per heavy atom. The van der Waals surface area contributed by atoms with Crippen LogP contribution in [0.2, 0.25) is 0 Å². The predicted molar refractivity (Wildman–Crippen MR) is 82.0 cm³/mol. The lowest BCUT2D eigenvalue weighted by atomic mass is 9.72. The summed E-state index contributed by atoms with van der Waals surface area (Å²) in [7, 11) is 2.07. The molecule has 3 atom stereocenters. The molecular weight excluding hydrogens is 251 g/mol. The van der Waals surface area contributed by atoms with Gasteiger partial charge < -0.3 is 5.73 Å². The zero-order chi connectivity index (χ0) is 14.9. The zero-order valence-electron chi connectivity index (χ0n) is 13.1. The summed E-state index contributed by atoms with van der Waals surface area (Å²) in [5, 5.41) is 0. The van der Waals surface area contributed by atoms with Gasteiger partial charge >= 0.3 is 0 Å². The largest absolute Gasteiger partial charge is 0.326 e. The van der Waals surface area contributed by atoms with Crippen molar-refractivity contribution in [1.29, 1.82) is 0 Å². The molecule has 112 valence electrons. The van der Waals surface area contributed by atoms with Gasteiger partial charge in [0, 0.05) is 23.7 Å². The summed E-state index contributed by atoms with van der Waals surface area (Å²) in [6.45, 7) is 6.66. The molecule has 20 heavy (non-hydrogen) atoms. The summed E-state index contributed by atoms with van der Waals surface area (Å²) < 4.78 is 14.0. The quantitative estimate of drug-likeness (QED) is 0.913. The fourth-order valence-electron chi connectivity index (χ4n) is 3.34. The van der Waals surface area contributed by atoms with Gasteiger partial charge in [0.25, 0.3) is 0 Å². The Labute approximate surface area is 122 Å². The van der Waals surface area contributed by atoms with Crippen LogP contribution >= 0.6 is 0 Å². The van der Waals surface area contributed by atoms with Gasteiger partial charge in [0.15, 0.2) is 0 Å². The van der Waals surface area contributed by atoms with E-state index >= 15 is 0 Å². The van der Waals surface area contributed by atoms with E-state index in [2.05, 4.69) is 32.7 Å². The number of nitrogens with zero attached hydrogens (tertiary/aromatic N) is 1. The molecule has 0 spiro atoms. The minimum Gasteiger partial charge on any atom is -0.326 e. The second-order valence-corrected chi connectivity index (χ2v) is 7.00. The van der Waals surface area contributed by atoms with Crippen LogP contribution in [-0.2, 0) is 0 Å². The molecule has 0 radical (unpaired) electrons. The highest BCUT2D eigenvalue weighted by atomic mass is 19.1. The van der Waals surface area contributed by atoms with Gasteiger partial charge in [-0.2, -0.15) is 0 Å². The van der Waals surface area contributed by atoms with Gasteiger partial charge in [0.2, 0.25) is 0 Å². The van der Waals surface area contributed by atoms with E-state index in [1.54, 1.807) is 6.07 Å². The molecule has 1 aliphatic carbocycles. The molecule has 1 aromatic rings. The van der Waals surface area contributed by atoms with E-state index in [-0.39, 0.29) is 17.9 Å². The Bertz CT molecular complexity index is 458. The zero-order valence-corrected chi connectivity index (χ0v) is 13.1. The molecule has 1 aliphatic rings. The van der Waals surface area contributed by atoms with Crippen LogP contribution in [0.15, 0.2) is 24.3 Å². The number of hydrogen-bond acceptors (Lipinski definition) is 2. The monoisotopic (exact) mass is 278 g/mol. The molecular formula is C17H27FN2. The first-order chi connectivity index (χ1) is 9.32. The van der Waals surface area contributed by atoms with Crippen LogP contribution in [0.5, 0.6) is 0 Å². The summed E-state index contributed by atoms with van der Waals surface area (Å²) in [6.07, 6.45) is 3.29. The molecule has 3 unspecified atom stereocenters. The first-order valence-electron chi connectivity index (χ1n) is 7.54. The van der Waals surface area contributed by atoms with E-state index in [9.17, 15) is 4.39 Å². The third kappa shape index (κ3) is 3.21. The average molecular weight is 278 g/mol. The van der Waals surface area contributed by atoms with Crippen LogP contribution in [0.3, 0.4) is 0 Å². The number of hydrogen-bond donors (Lipinski definition) is 1. The maximum Gasteiger partial charge on any atom is 0.127 e. The third-order valence-electron chi connectivity index (χ3n) is 4.90. The number of halogens is 1. The second kappa shape index (κ2) is 5.82. The Kier molecular flexibility index (Phi) is 4.50. The lowest BCUT2D eigenvalue weighted by molar-refractivity contribution is 0.0707. The fraction of sp³-hybridized carbons (Fsp3) is 0.647. The van der Waals surface area contributed by atoms with Crippen molar-refractivity contribution < 1.29 is 4.39 Å². The summed E-state index contributed by atoms with van der Waals surface area (Å²) in [5.41, 5.74) is 7.40. The molecule has 0 amide bonds. The molecule has 1 fully saturated rings. The predicted octanol–water partition coefficient (Wildman–Crippen LogP) is 3.72. The third-order valence-corrected chi connectivity index (χ3v) is 4.90. The van der Waals surface area contributed by atoms with Crippen molar-refractivity contribution in [3.05, 3.63) is 35.6 Å². The molecule has 0 aliphatic heterocycles. The van der Waals surface area contributed by atoms with Crippen LogP contribution in [-0.4, -0.2) is 24.0 Å². The van der Waals surface area contributed by atoms with Crippen molar-refractivity contribution in [2.75, 3.05) is 7.05 Å². The molecule has 3 heteroatoms.